The van der Waals surface area contributed by atoms with Crippen molar-refractivity contribution in [3.63, 3.8) is 0 Å². The van der Waals surface area contributed by atoms with Gasteiger partial charge >= 0.3 is 6.18 Å². The molecule has 1 aromatic heterocycles. The van der Waals surface area contributed by atoms with Crippen LogP contribution in [-0.4, -0.2) is 37.2 Å². The molecule has 0 aliphatic carbocycles. The molecule has 0 saturated heterocycles. The third kappa shape index (κ3) is 5.06. The Morgan fingerprint density at radius 1 is 1.25 bits per heavy atom. The van der Waals surface area contributed by atoms with E-state index in [0.29, 0.717) is 5.69 Å². The van der Waals surface area contributed by atoms with E-state index in [2.05, 4.69) is 14.9 Å². The van der Waals surface area contributed by atoms with Gasteiger partial charge in [0.25, 0.3) is 5.91 Å². The summed E-state index contributed by atoms with van der Waals surface area (Å²) in [7, 11) is -3.94. The van der Waals surface area contributed by atoms with E-state index >= 15 is 0 Å². The zero-order valence-electron chi connectivity index (χ0n) is 12.1. The average molecular weight is 362 g/mol. The van der Waals surface area contributed by atoms with Crippen LogP contribution in [0.4, 0.5) is 13.2 Å². The molecule has 1 heterocycles. The van der Waals surface area contributed by atoms with Gasteiger partial charge < -0.3 is 5.32 Å². The zero-order chi connectivity index (χ0) is 17.8. The van der Waals surface area contributed by atoms with Gasteiger partial charge in [-0.05, 0) is 24.3 Å². The lowest BCUT2D eigenvalue weighted by atomic mass is 10.2. The lowest BCUT2D eigenvalue weighted by Crippen LogP contribution is -2.33. The normalized spacial score (nSPS) is 12.1. The van der Waals surface area contributed by atoms with Crippen LogP contribution in [0.25, 0.3) is 0 Å². The van der Waals surface area contributed by atoms with Crippen molar-refractivity contribution >= 4 is 15.9 Å². The number of amides is 1. The summed E-state index contributed by atoms with van der Waals surface area (Å²) in [6.45, 7) is -1.55. The first kappa shape index (κ1) is 17.9. The van der Waals surface area contributed by atoms with Crippen LogP contribution in [-0.2, 0) is 16.6 Å². The summed E-state index contributed by atoms with van der Waals surface area (Å²) in [6, 6.07) is 6.30. The third-order valence-electron chi connectivity index (χ3n) is 2.87. The number of hydrogen-bond donors (Lipinski definition) is 3. The fraction of sp³-hybridized carbons (Fsp3) is 0.231. The maximum atomic E-state index is 12.2. The van der Waals surface area contributed by atoms with Crippen molar-refractivity contribution in [2.45, 2.75) is 17.6 Å². The van der Waals surface area contributed by atoms with Crippen LogP contribution in [0.15, 0.2) is 41.4 Å². The number of hydrogen-bond acceptors (Lipinski definition) is 4. The van der Waals surface area contributed by atoms with Crippen LogP contribution in [0.3, 0.4) is 0 Å². The lowest BCUT2D eigenvalue weighted by Gasteiger charge is -2.10. The molecule has 1 aromatic carbocycles. The average Bonchev–Trinajstić information content (AvgIpc) is 3.04. The van der Waals surface area contributed by atoms with Crippen LogP contribution in [0, 0.1) is 0 Å². The molecule has 0 saturated carbocycles. The van der Waals surface area contributed by atoms with Gasteiger partial charge in [-0.2, -0.15) is 18.3 Å². The molecule has 2 rings (SSSR count). The molecule has 0 unspecified atom stereocenters. The Balaban J connectivity index is 2.09. The topological polar surface area (TPSA) is 104 Å². The van der Waals surface area contributed by atoms with E-state index in [-0.39, 0.29) is 17.0 Å². The molecular weight excluding hydrogens is 349 g/mol. The van der Waals surface area contributed by atoms with Gasteiger partial charge in [-0.15, -0.1) is 0 Å². The number of nitrogens with zero attached hydrogens (tertiary/aromatic N) is 1. The summed E-state index contributed by atoms with van der Waals surface area (Å²) >= 11 is 0. The van der Waals surface area contributed by atoms with Crippen LogP contribution >= 0.6 is 0 Å². The second-order valence-corrected chi connectivity index (χ2v) is 6.50. The Hall–Kier alpha value is -2.40. The van der Waals surface area contributed by atoms with Crippen molar-refractivity contribution in [1.29, 1.82) is 0 Å². The Bertz CT molecular complexity index is 804. The predicted octanol–water partition coefficient (Wildman–Crippen LogP) is 1.18. The Morgan fingerprint density at radius 2 is 2.00 bits per heavy atom. The van der Waals surface area contributed by atoms with E-state index in [1.165, 1.54) is 24.4 Å². The smallest absolute Gasteiger partial charge is 0.343 e. The molecule has 0 spiro atoms. The molecule has 3 N–H and O–H groups in total. The fourth-order valence-electron chi connectivity index (χ4n) is 1.73. The van der Waals surface area contributed by atoms with Gasteiger partial charge in [0.15, 0.2) is 0 Å². The van der Waals surface area contributed by atoms with Crippen LogP contribution in [0.1, 0.15) is 16.1 Å². The lowest BCUT2D eigenvalue weighted by molar-refractivity contribution is -0.123. The number of alkyl halides is 3. The van der Waals surface area contributed by atoms with Crippen molar-refractivity contribution < 1.29 is 26.4 Å². The van der Waals surface area contributed by atoms with Crippen LogP contribution in [0.5, 0.6) is 0 Å². The highest BCUT2D eigenvalue weighted by Gasteiger charge is 2.28. The second-order valence-electron chi connectivity index (χ2n) is 4.73. The summed E-state index contributed by atoms with van der Waals surface area (Å²) in [5, 5.41) is 7.92. The van der Waals surface area contributed by atoms with E-state index in [4.69, 9.17) is 0 Å². The number of H-pyrrole nitrogens is 1. The van der Waals surface area contributed by atoms with Gasteiger partial charge in [-0.25, -0.2) is 13.1 Å². The minimum absolute atomic E-state index is 0.0488. The number of benzene rings is 1. The third-order valence-corrected chi connectivity index (χ3v) is 4.27. The van der Waals surface area contributed by atoms with Gasteiger partial charge in [0.2, 0.25) is 10.0 Å². The summed E-state index contributed by atoms with van der Waals surface area (Å²) in [5.41, 5.74) is 0.335. The van der Waals surface area contributed by atoms with Crippen molar-refractivity contribution in [2.75, 3.05) is 6.54 Å². The van der Waals surface area contributed by atoms with E-state index in [9.17, 15) is 26.4 Å². The van der Waals surface area contributed by atoms with Crippen LogP contribution < -0.4 is 10.0 Å². The number of sulfonamides is 1. The van der Waals surface area contributed by atoms with E-state index in [0.717, 1.165) is 6.07 Å². The molecule has 2 aromatic rings. The second kappa shape index (κ2) is 7.01. The quantitative estimate of drug-likeness (QED) is 0.718. The van der Waals surface area contributed by atoms with Crippen molar-refractivity contribution in [3.05, 3.63) is 47.8 Å². The summed E-state index contributed by atoms with van der Waals surface area (Å²) in [4.78, 5) is 11.4. The molecule has 0 aliphatic heterocycles. The number of halogens is 3. The van der Waals surface area contributed by atoms with Crippen molar-refractivity contribution in [2.24, 2.45) is 0 Å². The first-order chi connectivity index (χ1) is 11.2. The molecular formula is C13H13F3N4O3S. The monoisotopic (exact) mass is 362 g/mol. The van der Waals surface area contributed by atoms with Crippen LogP contribution in [0.2, 0.25) is 0 Å². The highest BCUT2D eigenvalue weighted by Crippen LogP contribution is 2.14. The number of carbonyl (C=O) groups excluding carboxylic acids is 1. The first-order valence-corrected chi connectivity index (χ1v) is 8.09. The van der Waals surface area contributed by atoms with Gasteiger partial charge in [0.05, 0.1) is 17.1 Å². The number of rotatable bonds is 6. The van der Waals surface area contributed by atoms with Gasteiger partial charge in [0, 0.05) is 11.8 Å². The fourth-order valence-corrected chi connectivity index (χ4v) is 2.78. The molecule has 0 bridgehead atoms. The Morgan fingerprint density at radius 3 is 2.62 bits per heavy atom. The molecule has 24 heavy (non-hydrogen) atoms. The predicted molar refractivity (Wildman–Crippen MR) is 77.4 cm³/mol. The van der Waals surface area contributed by atoms with E-state index < -0.39 is 28.7 Å². The highest BCUT2D eigenvalue weighted by atomic mass is 32.2. The number of carbonyl (C=O) groups is 1. The summed E-state index contributed by atoms with van der Waals surface area (Å²) in [5.74, 6) is -1.02. The minimum Gasteiger partial charge on any atom is -0.343 e. The molecule has 0 fully saturated rings. The summed E-state index contributed by atoms with van der Waals surface area (Å²) in [6.07, 6.45) is -3.10. The number of aromatic amines is 1. The van der Waals surface area contributed by atoms with Gasteiger partial charge in [-0.3, -0.25) is 9.89 Å². The van der Waals surface area contributed by atoms with E-state index in [1.807, 2.05) is 0 Å². The maximum absolute atomic E-state index is 12.2. The summed E-state index contributed by atoms with van der Waals surface area (Å²) < 4.78 is 62.9. The first-order valence-electron chi connectivity index (χ1n) is 6.60. The Labute approximate surface area is 135 Å². The number of aromatic nitrogens is 2. The molecule has 7 nitrogen and oxygen atoms in total. The molecule has 0 radical (unpaired) electrons. The largest absolute Gasteiger partial charge is 0.405 e. The zero-order valence-corrected chi connectivity index (χ0v) is 12.9. The molecule has 0 atom stereocenters. The van der Waals surface area contributed by atoms with E-state index in [1.54, 1.807) is 11.4 Å². The molecule has 11 heteroatoms. The SMILES string of the molecule is O=C(NCC(F)(F)F)c1cccc(S(=O)(=O)NCc2ccn[nH]2)c1. The van der Waals surface area contributed by atoms with Crippen molar-refractivity contribution in [1.82, 2.24) is 20.2 Å². The molecule has 1 amide bonds. The van der Waals surface area contributed by atoms with Crippen molar-refractivity contribution in [3.8, 4) is 0 Å². The molecule has 0 aliphatic rings. The van der Waals surface area contributed by atoms with Gasteiger partial charge in [0.1, 0.15) is 6.54 Å². The van der Waals surface area contributed by atoms with Gasteiger partial charge in [-0.1, -0.05) is 6.07 Å². The standard InChI is InChI=1S/C13H13F3N4O3S/c14-13(15,16)8-17-12(21)9-2-1-3-11(6-9)24(22,23)19-7-10-4-5-18-20-10/h1-6,19H,7-8H2,(H,17,21)(H,18,20). The Kier molecular flexibility index (Phi) is 5.24. The molecule has 130 valence electrons. The number of nitrogens with one attached hydrogen (secondary N) is 3. The maximum Gasteiger partial charge on any atom is 0.405 e. The highest BCUT2D eigenvalue weighted by molar-refractivity contribution is 7.89. The minimum atomic E-state index is -4.55.